The molecule has 1 fully saturated rings. The minimum atomic E-state index is -3.33. The topological polar surface area (TPSA) is 103 Å². The van der Waals surface area contributed by atoms with Gasteiger partial charge in [0.15, 0.2) is 11.5 Å². The van der Waals surface area contributed by atoms with Gasteiger partial charge < -0.3 is 10.5 Å². The Hall–Kier alpha value is -3.93. The van der Waals surface area contributed by atoms with E-state index >= 15 is 0 Å². The molecule has 1 amide bonds. The van der Waals surface area contributed by atoms with Crippen molar-refractivity contribution in [2.75, 3.05) is 6.61 Å². The quantitative estimate of drug-likeness (QED) is 0.184. The van der Waals surface area contributed by atoms with Gasteiger partial charge in [0.2, 0.25) is 0 Å². The largest absolute Gasteiger partial charge is 0.463 e. The maximum absolute atomic E-state index is 14.9. The van der Waals surface area contributed by atoms with Crippen LogP contribution in [0.3, 0.4) is 0 Å². The van der Waals surface area contributed by atoms with Crippen LogP contribution >= 0.6 is 11.6 Å². The number of rotatable bonds is 11. The molecule has 1 aliphatic carbocycles. The number of amides is 1. The number of ether oxygens (including phenoxy) is 1. The Labute approximate surface area is 263 Å². The van der Waals surface area contributed by atoms with Crippen LogP contribution in [-0.2, 0) is 19.9 Å². The molecular weight excluding hydrogens is 614 g/mol. The van der Waals surface area contributed by atoms with Crippen molar-refractivity contribution in [1.82, 2.24) is 14.7 Å². The van der Waals surface area contributed by atoms with Crippen LogP contribution in [0.25, 0.3) is 5.69 Å². The normalized spacial score (nSPS) is 20.2. The summed E-state index contributed by atoms with van der Waals surface area (Å²) in [5.41, 5.74) is 2.70. The van der Waals surface area contributed by atoms with E-state index in [0.717, 1.165) is 29.9 Å². The molecule has 1 aromatic heterocycles. The molecule has 3 aromatic rings. The van der Waals surface area contributed by atoms with Gasteiger partial charge in [-0.2, -0.15) is 5.10 Å². The van der Waals surface area contributed by atoms with Crippen molar-refractivity contribution in [2.24, 2.45) is 21.6 Å². The molecule has 0 spiro atoms. The second-order valence-corrected chi connectivity index (χ2v) is 13.4. The number of guanidine groups is 1. The van der Waals surface area contributed by atoms with Crippen LogP contribution in [-0.4, -0.2) is 45.0 Å². The molecule has 2 atom stereocenters. The Morgan fingerprint density at radius 2 is 1.80 bits per heavy atom. The first-order chi connectivity index (χ1) is 20.9. The predicted molar refractivity (Wildman–Crippen MR) is 160 cm³/mol. The monoisotopic (exact) mass is 647 g/mol. The summed E-state index contributed by atoms with van der Waals surface area (Å²) >= 11 is 6.47. The molecule has 45 heavy (non-hydrogen) atoms. The Kier molecular flexibility index (Phi) is 8.26. The second kappa shape index (κ2) is 11.5. The summed E-state index contributed by atoms with van der Waals surface area (Å²) in [4.78, 5) is 32.9. The zero-order valence-corrected chi connectivity index (χ0v) is 26.0. The number of carbonyl (C=O) groups is 2. The summed E-state index contributed by atoms with van der Waals surface area (Å²) in [6.45, 7) is 4.76. The summed E-state index contributed by atoms with van der Waals surface area (Å²) in [7, 11) is 0. The number of carbonyl (C=O) groups excluding carboxylic acids is 2. The van der Waals surface area contributed by atoms with Gasteiger partial charge >= 0.3 is 5.97 Å². The molecule has 0 radical (unpaired) electrons. The van der Waals surface area contributed by atoms with Crippen LogP contribution in [0.5, 0.6) is 0 Å². The molecular formula is C32H34ClF4N5O3. The summed E-state index contributed by atoms with van der Waals surface area (Å²) in [5.74, 6) is -7.17. The zero-order valence-electron chi connectivity index (χ0n) is 25.3. The number of aromatic nitrogens is 2. The van der Waals surface area contributed by atoms with Gasteiger partial charge in [-0.25, -0.2) is 27.2 Å². The Morgan fingerprint density at radius 3 is 2.38 bits per heavy atom. The Balaban J connectivity index is 1.61. The van der Waals surface area contributed by atoms with Crippen molar-refractivity contribution in [2.45, 2.75) is 70.9 Å². The van der Waals surface area contributed by atoms with Gasteiger partial charge in [0.05, 0.1) is 23.2 Å². The van der Waals surface area contributed by atoms with Gasteiger partial charge in [0.25, 0.3) is 11.8 Å². The Bertz CT molecular complexity index is 1630. The maximum atomic E-state index is 14.9. The van der Waals surface area contributed by atoms with Crippen LogP contribution in [0.2, 0.25) is 5.02 Å². The highest BCUT2D eigenvalue weighted by molar-refractivity contribution is 6.32. The first-order valence-electron chi connectivity index (χ1n) is 14.4. The molecule has 5 rings (SSSR count). The number of halogens is 5. The van der Waals surface area contributed by atoms with Gasteiger partial charge in [-0.05, 0) is 73.1 Å². The van der Waals surface area contributed by atoms with E-state index in [1.165, 1.54) is 18.5 Å². The smallest absolute Gasteiger partial charge is 0.306 e. The number of benzene rings is 2. The van der Waals surface area contributed by atoms with Crippen LogP contribution in [0.4, 0.5) is 17.6 Å². The molecule has 1 aliphatic heterocycles. The van der Waals surface area contributed by atoms with Crippen LogP contribution in [0.1, 0.15) is 70.5 Å². The molecule has 0 bridgehead atoms. The summed E-state index contributed by atoms with van der Waals surface area (Å²) in [6.07, 6.45) is 4.49. The molecule has 1 saturated carbocycles. The van der Waals surface area contributed by atoms with E-state index in [2.05, 4.69) is 10.1 Å². The number of alkyl halides is 2. The number of esters is 1. The molecule has 2 heterocycles. The van der Waals surface area contributed by atoms with E-state index < -0.39 is 58.8 Å². The summed E-state index contributed by atoms with van der Waals surface area (Å²) < 4.78 is 66.0. The van der Waals surface area contributed by atoms with Crippen molar-refractivity contribution in [3.63, 3.8) is 0 Å². The average molecular weight is 648 g/mol. The fraction of sp³-hybridized carbons (Fsp3) is 0.438. The van der Waals surface area contributed by atoms with Crippen LogP contribution < -0.4 is 5.73 Å². The molecule has 2 N–H and O–H groups in total. The van der Waals surface area contributed by atoms with E-state index in [-0.39, 0.29) is 24.0 Å². The lowest BCUT2D eigenvalue weighted by Gasteiger charge is -2.39. The van der Waals surface area contributed by atoms with Crippen molar-refractivity contribution >= 4 is 29.4 Å². The summed E-state index contributed by atoms with van der Waals surface area (Å²) in [5, 5.41) is 4.54. The van der Waals surface area contributed by atoms with E-state index in [1.54, 1.807) is 36.7 Å². The lowest BCUT2D eigenvalue weighted by molar-refractivity contribution is -0.149. The minimum Gasteiger partial charge on any atom is -0.463 e. The van der Waals surface area contributed by atoms with E-state index in [4.69, 9.17) is 22.1 Å². The predicted octanol–water partition coefficient (Wildman–Crippen LogP) is 6.70. The zero-order chi connectivity index (χ0) is 32.9. The number of aliphatic imine (C=N–C) groups is 1. The first-order valence-corrected chi connectivity index (χ1v) is 14.8. The van der Waals surface area contributed by atoms with Crippen molar-refractivity contribution in [1.29, 1.82) is 0 Å². The molecule has 2 aliphatic rings. The molecule has 240 valence electrons. The van der Waals surface area contributed by atoms with E-state index in [0.29, 0.717) is 29.3 Å². The van der Waals surface area contributed by atoms with Crippen molar-refractivity contribution in [3.05, 3.63) is 82.6 Å². The van der Waals surface area contributed by atoms with Gasteiger partial charge in [-0.3, -0.25) is 14.5 Å². The van der Waals surface area contributed by atoms with Crippen molar-refractivity contribution in [3.8, 4) is 5.69 Å². The van der Waals surface area contributed by atoms with E-state index in [9.17, 15) is 27.2 Å². The number of hydrogen-bond acceptors (Lipinski definition) is 6. The summed E-state index contributed by atoms with van der Waals surface area (Å²) in [6, 6.07) is 7.74. The average Bonchev–Trinajstić information content (AvgIpc) is 3.31. The highest BCUT2D eigenvalue weighted by atomic mass is 35.5. The van der Waals surface area contributed by atoms with Crippen LogP contribution in [0, 0.1) is 22.5 Å². The molecule has 0 saturated heterocycles. The Morgan fingerprint density at radius 1 is 1.13 bits per heavy atom. The van der Waals surface area contributed by atoms with E-state index in [1.807, 2.05) is 6.92 Å². The highest BCUT2D eigenvalue weighted by Gasteiger charge is 2.57. The third kappa shape index (κ3) is 6.43. The number of nitrogens with zero attached hydrogens (tertiary/aromatic N) is 4. The molecule has 13 heteroatoms. The fourth-order valence-electron chi connectivity index (χ4n) is 5.50. The maximum Gasteiger partial charge on any atom is 0.306 e. The lowest BCUT2D eigenvalue weighted by Crippen LogP contribution is -2.49. The second-order valence-electron chi connectivity index (χ2n) is 13.0. The van der Waals surface area contributed by atoms with Gasteiger partial charge in [-0.1, -0.05) is 38.4 Å². The lowest BCUT2D eigenvalue weighted by atomic mass is 9.71. The number of nitrogens with two attached hydrogens (primary N) is 1. The van der Waals surface area contributed by atoms with Gasteiger partial charge in [0, 0.05) is 23.9 Å². The third-order valence-electron chi connectivity index (χ3n) is 8.85. The SMILES string of the molecule is CC1(CC(=O)OC[C@H](c2ccc(Cl)c(-n3cccn3)c2)N2C(=O)[C@@](CC(C)(C)C(C)(F)F)(c3cc(F)cc(F)c3)N=C2N)CC1. The first kappa shape index (κ1) is 32.5. The number of hydrogen-bond donors (Lipinski definition) is 1. The fourth-order valence-corrected chi connectivity index (χ4v) is 5.70. The molecule has 0 unspecified atom stereocenters. The van der Waals surface area contributed by atoms with Crippen molar-refractivity contribution < 1.29 is 31.9 Å². The third-order valence-corrected chi connectivity index (χ3v) is 9.17. The van der Waals surface area contributed by atoms with Gasteiger partial charge in [-0.15, -0.1) is 0 Å². The highest BCUT2D eigenvalue weighted by Crippen LogP contribution is 2.51. The van der Waals surface area contributed by atoms with Gasteiger partial charge in [0.1, 0.15) is 18.2 Å². The van der Waals surface area contributed by atoms with Crippen LogP contribution in [0.15, 0.2) is 59.9 Å². The molecule has 2 aromatic carbocycles. The minimum absolute atomic E-state index is 0.155. The standard InChI is InChI=1S/C32H34ClF4N5O3/c1-29(2,31(4,36)37)18-32(20-13-21(34)15-22(35)14-20)27(44)42(28(38)40-32)25(17-45-26(43)16-30(3)8-9-30)19-6-7-23(33)24(12-19)41-11-5-10-39-41/h5-7,10-15,25H,8-9,16-18H2,1-4H3,(H2,38,40)/t25-,32-/m1/s1. The molecule has 8 nitrogen and oxygen atoms in total.